The SMILES string of the molecule is Cc1cccc2[nH]c([C@H]3NC[C@H]4C[C@H]43)nc12. The van der Waals surface area contributed by atoms with Crippen molar-refractivity contribution in [1.29, 1.82) is 0 Å². The van der Waals surface area contributed by atoms with Gasteiger partial charge in [0, 0.05) is 0 Å². The molecule has 0 unspecified atom stereocenters. The van der Waals surface area contributed by atoms with Gasteiger partial charge >= 0.3 is 0 Å². The Kier molecular flexibility index (Phi) is 1.56. The second kappa shape index (κ2) is 2.86. The van der Waals surface area contributed by atoms with Crippen molar-refractivity contribution in [3.05, 3.63) is 29.6 Å². The van der Waals surface area contributed by atoms with E-state index in [1.807, 2.05) is 0 Å². The number of hydrogen-bond donors (Lipinski definition) is 2. The van der Waals surface area contributed by atoms with Crippen molar-refractivity contribution in [2.24, 2.45) is 11.8 Å². The average Bonchev–Trinajstić information content (AvgIpc) is 2.75. The van der Waals surface area contributed by atoms with Crippen LogP contribution in [-0.4, -0.2) is 16.5 Å². The highest BCUT2D eigenvalue weighted by Crippen LogP contribution is 2.51. The number of aromatic amines is 1. The lowest BCUT2D eigenvalue weighted by molar-refractivity contribution is 0.538. The summed E-state index contributed by atoms with van der Waals surface area (Å²) < 4.78 is 0. The number of imidazole rings is 1. The van der Waals surface area contributed by atoms with E-state index in [0.717, 1.165) is 23.2 Å². The van der Waals surface area contributed by atoms with Crippen molar-refractivity contribution in [2.45, 2.75) is 19.4 Å². The minimum Gasteiger partial charge on any atom is -0.341 e. The van der Waals surface area contributed by atoms with Crippen molar-refractivity contribution >= 4 is 11.0 Å². The third-order valence-electron chi connectivity index (χ3n) is 4.03. The molecule has 4 rings (SSSR count). The normalized spacial score (nSPS) is 31.9. The fourth-order valence-electron chi connectivity index (χ4n) is 2.99. The van der Waals surface area contributed by atoms with E-state index in [0.29, 0.717) is 6.04 Å². The minimum atomic E-state index is 0.469. The summed E-state index contributed by atoms with van der Waals surface area (Å²) >= 11 is 0. The fourth-order valence-corrected chi connectivity index (χ4v) is 2.99. The number of nitrogens with one attached hydrogen (secondary N) is 2. The van der Waals surface area contributed by atoms with E-state index in [1.165, 1.54) is 24.0 Å². The Hall–Kier alpha value is -1.35. The lowest BCUT2D eigenvalue weighted by Gasteiger charge is -2.08. The number of nitrogens with zero attached hydrogens (tertiary/aromatic N) is 1. The molecule has 1 saturated carbocycles. The van der Waals surface area contributed by atoms with Gasteiger partial charge < -0.3 is 10.3 Å². The van der Waals surface area contributed by atoms with E-state index in [9.17, 15) is 0 Å². The van der Waals surface area contributed by atoms with Gasteiger partial charge in [0.1, 0.15) is 5.82 Å². The van der Waals surface area contributed by atoms with Crippen LogP contribution in [0, 0.1) is 18.8 Å². The number of rotatable bonds is 1. The molecule has 1 saturated heterocycles. The van der Waals surface area contributed by atoms with Crippen LogP contribution in [0.3, 0.4) is 0 Å². The first-order chi connectivity index (χ1) is 7.83. The first kappa shape index (κ1) is 8.76. The van der Waals surface area contributed by atoms with Gasteiger partial charge in [-0.25, -0.2) is 4.98 Å². The van der Waals surface area contributed by atoms with Crippen LogP contribution in [-0.2, 0) is 0 Å². The van der Waals surface area contributed by atoms with Crippen molar-refractivity contribution in [3.63, 3.8) is 0 Å². The molecule has 1 aromatic carbocycles. The molecule has 1 aliphatic carbocycles. The maximum atomic E-state index is 4.75. The zero-order chi connectivity index (χ0) is 10.7. The lowest BCUT2D eigenvalue weighted by Crippen LogP contribution is -2.19. The highest BCUT2D eigenvalue weighted by molar-refractivity contribution is 5.78. The maximum Gasteiger partial charge on any atom is 0.124 e. The predicted octanol–water partition coefficient (Wildman–Crippen LogP) is 2.15. The van der Waals surface area contributed by atoms with Crippen molar-refractivity contribution in [3.8, 4) is 0 Å². The van der Waals surface area contributed by atoms with Gasteiger partial charge in [0.15, 0.2) is 0 Å². The predicted molar refractivity (Wildman–Crippen MR) is 63.2 cm³/mol. The van der Waals surface area contributed by atoms with Crippen LogP contribution in [0.15, 0.2) is 18.2 Å². The number of fused-ring (bicyclic) bond motifs is 2. The Morgan fingerprint density at radius 3 is 3.00 bits per heavy atom. The molecule has 0 radical (unpaired) electrons. The molecule has 3 heteroatoms. The van der Waals surface area contributed by atoms with Crippen molar-refractivity contribution < 1.29 is 0 Å². The van der Waals surface area contributed by atoms with Crippen LogP contribution in [0.4, 0.5) is 0 Å². The highest BCUT2D eigenvalue weighted by Gasteiger charge is 2.49. The summed E-state index contributed by atoms with van der Waals surface area (Å²) in [5.74, 6) is 2.88. The van der Waals surface area contributed by atoms with Crippen molar-refractivity contribution in [2.75, 3.05) is 6.54 Å². The maximum absolute atomic E-state index is 4.75. The molecule has 2 fully saturated rings. The molecule has 3 nitrogen and oxygen atoms in total. The van der Waals surface area contributed by atoms with Crippen LogP contribution in [0.5, 0.6) is 0 Å². The molecule has 3 atom stereocenters. The molecule has 2 N–H and O–H groups in total. The largest absolute Gasteiger partial charge is 0.341 e. The molecule has 2 heterocycles. The first-order valence-electron chi connectivity index (χ1n) is 6.01. The van der Waals surface area contributed by atoms with E-state index in [2.05, 4.69) is 35.4 Å². The molecular formula is C13H15N3. The summed E-state index contributed by atoms with van der Waals surface area (Å²) in [4.78, 5) is 8.22. The van der Waals surface area contributed by atoms with Gasteiger partial charge in [-0.1, -0.05) is 12.1 Å². The van der Waals surface area contributed by atoms with Gasteiger partial charge in [0.2, 0.25) is 0 Å². The van der Waals surface area contributed by atoms with E-state index in [1.54, 1.807) is 0 Å². The molecule has 0 amide bonds. The topological polar surface area (TPSA) is 40.7 Å². The monoisotopic (exact) mass is 213 g/mol. The smallest absolute Gasteiger partial charge is 0.124 e. The Morgan fingerprint density at radius 1 is 1.38 bits per heavy atom. The zero-order valence-electron chi connectivity index (χ0n) is 9.33. The number of benzene rings is 1. The van der Waals surface area contributed by atoms with Crippen LogP contribution < -0.4 is 5.32 Å². The van der Waals surface area contributed by atoms with Gasteiger partial charge in [0.05, 0.1) is 17.1 Å². The summed E-state index contributed by atoms with van der Waals surface area (Å²) in [6.07, 6.45) is 1.38. The summed E-state index contributed by atoms with van der Waals surface area (Å²) in [7, 11) is 0. The Morgan fingerprint density at radius 2 is 2.31 bits per heavy atom. The van der Waals surface area contributed by atoms with Crippen molar-refractivity contribution in [1.82, 2.24) is 15.3 Å². The van der Waals surface area contributed by atoms with Gasteiger partial charge in [-0.05, 0) is 43.4 Å². The Labute approximate surface area is 94.3 Å². The molecule has 82 valence electrons. The number of hydrogen-bond acceptors (Lipinski definition) is 2. The van der Waals surface area contributed by atoms with E-state index >= 15 is 0 Å². The average molecular weight is 213 g/mol. The molecule has 16 heavy (non-hydrogen) atoms. The van der Waals surface area contributed by atoms with E-state index in [-0.39, 0.29) is 0 Å². The minimum absolute atomic E-state index is 0.469. The molecule has 2 aromatic rings. The third-order valence-corrected chi connectivity index (χ3v) is 4.03. The first-order valence-corrected chi connectivity index (χ1v) is 6.01. The lowest BCUT2D eigenvalue weighted by atomic mass is 10.2. The number of H-pyrrole nitrogens is 1. The van der Waals surface area contributed by atoms with E-state index < -0.39 is 0 Å². The van der Waals surface area contributed by atoms with Gasteiger partial charge in [-0.3, -0.25) is 0 Å². The second-order valence-electron chi connectivity index (χ2n) is 5.14. The fraction of sp³-hybridized carbons (Fsp3) is 0.462. The molecule has 1 aliphatic heterocycles. The van der Waals surface area contributed by atoms with E-state index in [4.69, 9.17) is 4.98 Å². The number of piperidine rings is 1. The molecule has 2 aliphatic rings. The van der Waals surface area contributed by atoms with Gasteiger partial charge in [-0.2, -0.15) is 0 Å². The Balaban J connectivity index is 1.83. The second-order valence-corrected chi connectivity index (χ2v) is 5.14. The summed E-state index contributed by atoms with van der Waals surface area (Å²) in [5.41, 5.74) is 3.55. The number of aryl methyl sites for hydroxylation is 1. The zero-order valence-corrected chi connectivity index (χ0v) is 9.33. The van der Waals surface area contributed by atoms with Gasteiger partial charge in [0.25, 0.3) is 0 Å². The van der Waals surface area contributed by atoms with Crippen LogP contribution >= 0.6 is 0 Å². The summed E-state index contributed by atoms with van der Waals surface area (Å²) in [5, 5.41) is 3.56. The van der Waals surface area contributed by atoms with Gasteiger partial charge in [-0.15, -0.1) is 0 Å². The molecule has 0 spiro atoms. The summed E-state index contributed by atoms with van der Waals surface area (Å²) in [6.45, 7) is 3.29. The molecular weight excluding hydrogens is 198 g/mol. The van der Waals surface area contributed by atoms with Crippen LogP contribution in [0.1, 0.15) is 23.9 Å². The van der Waals surface area contributed by atoms with Crippen LogP contribution in [0.2, 0.25) is 0 Å². The quantitative estimate of drug-likeness (QED) is 0.762. The molecule has 1 aromatic heterocycles. The highest BCUT2D eigenvalue weighted by atomic mass is 15.1. The number of para-hydroxylation sites is 1. The third kappa shape index (κ3) is 1.09. The van der Waals surface area contributed by atoms with Crippen LogP contribution in [0.25, 0.3) is 11.0 Å². The molecule has 0 bridgehead atoms. The number of aromatic nitrogens is 2. The standard InChI is InChI=1S/C13H15N3/c1-7-3-2-4-10-11(7)16-13(15-10)12-9-5-8(9)6-14-12/h2-4,8-9,12,14H,5-6H2,1H3,(H,15,16)/t8-,9-,12+/m1/s1. The summed E-state index contributed by atoms with van der Waals surface area (Å²) in [6, 6.07) is 6.78. The Bertz CT molecular complexity index is 557.